The minimum absolute atomic E-state index is 0.0369. The summed E-state index contributed by atoms with van der Waals surface area (Å²) in [6, 6.07) is 24.4. The fraction of sp³-hybridized carbons (Fsp3) is 0.344. The number of carbonyl (C=O) groups is 3. The van der Waals surface area contributed by atoms with Crippen molar-refractivity contribution in [3.05, 3.63) is 95.6 Å². The summed E-state index contributed by atoms with van der Waals surface area (Å²) in [5.74, 6) is -2.17. The summed E-state index contributed by atoms with van der Waals surface area (Å²) < 4.78 is 17.0. The van der Waals surface area contributed by atoms with Crippen molar-refractivity contribution in [2.45, 2.75) is 44.1 Å². The van der Waals surface area contributed by atoms with Crippen molar-refractivity contribution >= 4 is 18.0 Å². The molecule has 3 N–H and O–H groups in total. The lowest BCUT2D eigenvalue weighted by Gasteiger charge is -2.23. The first-order valence-electron chi connectivity index (χ1n) is 13.8. The van der Waals surface area contributed by atoms with Crippen molar-refractivity contribution in [2.24, 2.45) is 5.92 Å². The summed E-state index contributed by atoms with van der Waals surface area (Å²) in [5.41, 5.74) is 5.49. The second kappa shape index (κ2) is 13.0. The number of alkyl carbamates (subject to hydrolysis) is 1. The van der Waals surface area contributed by atoms with Crippen LogP contribution in [0.5, 0.6) is 0 Å². The third kappa shape index (κ3) is 6.75. The van der Waals surface area contributed by atoms with E-state index in [1.807, 2.05) is 54.6 Å². The van der Waals surface area contributed by atoms with E-state index in [1.165, 1.54) is 0 Å². The maximum Gasteiger partial charge on any atom is 0.407 e. The van der Waals surface area contributed by atoms with Crippen LogP contribution in [0.4, 0.5) is 4.79 Å². The van der Waals surface area contributed by atoms with Crippen molar-refractivity contribution in [1.29, 1.82) is 0 Å². The van der Waals surface area contributed by atoms with Crippen molar-refractivity contribution in [3.8, 4) is 11.1 Å². The molecule has 214 valence electrons. The lowest BCUT2D eigenvalue weighted by Crippen LogP contribution is -2.50. The molecule has 1 aliphatic heterocycles. The van der Waals surface area contributed by atoms with E-state index in [0.29, 0.717) is 6.42 Å². The Hall–Kier alpha value is -4.21. The molecule has 0 aromatic heterocycles. The van der Waals surface area contributed by atoms with E-state index in [2.05, 4.69) is 34.9 Å². The van der Waals surface area contributed by atoms with Gasteiger partial charge in [-0.15, -0.1) is 0 Å². The molecule has 41 heavy (non-hydrogen) atoms. The number of hydrogen-bond donors (Lipinski definition) is 3. The number of amides is 2. The molecule has 1 heterocycles. The molecule has 5 rings (SSSR count). The Bertz CT molecular complexity index is 1330. The van der Waals surface area contributed by atoms with Gasteiger partial charge < -0.3 is 30.0 Å². The van der Waals surface area contributed by atoms with E-state index in [0.717, 1.165) is 27.8 Å². The average molecular weight is 559 g/mol. The van der Waals surface area contributed by atoms with Gasteiger partial charge in [-0.1, -0.05) is 78.9 Å². The summed E-state index contributed by atoms with van der Waals surface area (Å²) in [4.78, 5) is 37.2. The highest BCUT2D eigenvalue weighted by Crippen LogP contribution is 2.44. The van der Waals surface area contributed by atoms with Crippen molar-refractivity contribution < 1.29 is 33.7 Å². The molecule has 2 amide bonds. The normalized spacial score (nSPS) is 19.0. The quantitative estimate of drug-likeness (QED) is 0.324. The number of benzene rings is 3. The van der Waals surface area contributed by atoms with Crippen molar-refractivity contribution in [3.63, 3.8) is 0 Å². The second-order valence-electron chi connectivity index (χ2n) is 10.4. The molecule has 0 radical (unpaired) electrons. The number of hydrogen-bond acceptors (Lipinski definition) is 6. The smallest absolute Gasteiger partial charge is 0.407 e. The Morgan fingerprint density at radius 3 is 2.24 bits per heavy atom. The minimum atomic E-state index is -1.20. The fourth-order valence-electron chi connectivity index (χ4n) is 5.43. The Morgan fingerprint density at radius 2 is 1.59 bits per heavy atom. The number of fused-ring (bicyclic) bond motifs is 3. The van der Waals surface area contributed by atoms with E-state index in [4.69, 9.17) is 14.2 Å². The SMILES string of the molecule is CC(OCc1ccccc1)C(NC(=O)[C@@H]1CO[C@H](CNC(=O)OCC2c3ccccc3-c3ccccc32)C1)C(=O)O. The molecule has 0 bridgehead atoms. The van der Waals surface area contributed by atoms with Crippen LogP contribution in [0.3, 0.4) is 0 Å². The second-order valence-corrected chi connectivity index (χ2v) is 10.4. The third-order valence-electron chi connectivity index (χ3n) is 7.66. The first kappa shape index (κ1) is 28.3. The Kier molecular flexibility index (Phi) is 8.96. The number of carboxylic acids is 1. The maximum absolute atomic E-state index is 12.9. The maximum atomic E-state index is 12.9. The highest BCUT2D eigenvalue weighted by atomic mass is 16.5. The van der Waals surface area contributed by atoms with Crippen LogP contribution in [0.1, 0.15) is 36.0 Å². The zero-order valence-electron chi connectivity index (χ0n) is 22.8. The molecule has 2 unspecified atom stereocenters. The number of carboxylic acid groups (broad SMARTS) is 1. The molecule has 3 aromatic rings. The van der Waals surface area contributed by atoms with Crippen LogP contribution in [-0.2, 0) is 30.4 Å². The van der Waals surface area contributed by atoms with Gasteiger partial charge in [0.1, 0.15) is 6.61 Å². The lowest BCUT2D eigenvalue weighted by atomic mass is 9.98. The predicted molar refractivity (Wildman–Crippen MR) is 151 cm³/mol. The molecule has 0 spiro atoms. The molecule has 1 fully saturated rings. The zero-order valence-corrected chi connectivity index (χ0v) is 22.8. The van der Waals surface area contributed by atoms with Gasteiger partial charge in [-0.2, -0.15) is 0 Å². The van der Waals surface area contributed by atoms with Crippen LogP contribution in [0.25, 0.3) is 11.1 Å². The van der Waals surface area contributed by atoms with E-state index >= 15 is 0 Å². The van der Waals surface area contributed by atoms with Crippen molar-refractivity contribution in [2.75, 3.05) is 19.8 Å². The number of ether oxygens (including phenoxy) is 3. The standard InChI is InChI=1S/C32H34N2O7/c1-20(39-17-21-9-3-2-4-10-21)29(31(36)37)34-30(35)22-15-23(40-18-22)16-33-32(38)41-19-28-26-13-7-5-11-24(26)25-12-6-8-14-27(25)28/h2-14,20,22-23,28-29H,15-19H2,1H3,(H,33,38)(H,34,35)(H,36,37)/t20?,22-,23-,29?/m0/s1. The van der Waals surface area contributed by atoms with E-state index in [9.17, 15) is 19.5 Å². The largest absolute Gasteiger partial charge is 0.480 e. The number of rotatable bonds is 11. The number of nitrogens with one attached hydrogen (secondary N) is 2. The molecule has 9 heteroatoms. The van der Waals surface area contributed by atoms with Crippen LogP contribution in [-0.4, -0.2) is 61.1 Å². The molecule has 3 aromatic carbocycles. The van der Waals surface area contributed by atoms with Gasteiger partial charge in [-0.25, -0.2) is 9.59 Å². The van der Waals surface area contributed by atoms with Crippen LogP contribution >= 0.6 is 0 Å². The third-order valence-corrected chi connectivity index (χ3v) is 7.66. The molecule has 1 aliphatic carbocycles. The van der Waals surface area contributed by atoms with Gasteiger partial charge in [-0.3, -0.25) is 4.79 Å². The number of aliphatic carboxylic acids is 1. The first-order valence-corrected chi connectivity index (χ1v) is 13.8. The molecule has 1 saturated heterocycles. The van der Waals surface area contributed by atoms with Gasteiger partial charge in [0, 0.05) is 12.5 Å². The molecule has 4 atom stereocenters. The summed E-state index contributed by atoms with van der Waals surface area (Å²) in [5, 5.41) is 15.0. The average Bonchev–Trinajstić information content (AvgIpc) is 3.60. The summed E-state index contributed by atoms with van der Waals surface area (Å²) in [7, 11) is 0. The van der Waals surface area contributed by atoms with Crippen LogP contribution in [0, 0.1) is 5.92 Å². The predicted octanol–water partition coefficient (Wildman–Crippen LogP) is 4.10. The van der Waals surface area contributed by atoms with Crippen molar-refractivity contribution in [1.82, 2.24) is 10.6 Å². The Labute approximate surface area is 238 Å². The van der Waals surface area contributed by atoms with E-state index in [-0.39, 0.29) is 38.4 Å². The molecular formula is C32H34N2O7. The van der Waals surface area contributed by atoms with Gasteiger partial charge in [0.05, 0.1) is 31.3 Å². The topological polar surface area (TPSA) is 123 Å². The van der Waals surface area contributed by atoms with Crippen LogP contribution < -0.4 is 10.6 Å². The van der Waals surface area contributed by atoms with E-state index in [1.54, 1.807) is 6.92 Å². The zero-order chi connectivity index (χ0) is 28.8. The summed E-state index contributed by atoms with van der Waals surface area (Å²) >= 11 is 0. The molecule has 0 saturated carbocycles. The van der Waals surface area contributed by atoms with Gasteiger partial charge >= 0.3 is 12.1 Å². The Balaban J connectivity index is 1.06. The Morgan fingerprint density at radius 1 is 0.951 bits per heavy atom. The van der Waals surface area contributed by atoms with Crippen LogP contribution in [0.2, 0.25) is 0 Å². The molecular weight excluding hydrogens is 524 g/mol. The lowest BCUT2D eigenvalue weighted by molar-refractivity contribution is -0.147. The van der Waals surface area contributed by atoms with Gasteiger partial charge in [0.2, 0.25) is 5.91 Å². The summed E-state index contributed by atoms with van der Waals surface area (Å²) in [6.07, 6.45) is -1.34. The fourth-order valence-corrected chi connectivity index (χ4v) is 5.43. The van der Waals surface area contributed by atoms with Gasteiger partial charge in [-0.05, 0) is 41.2 Å². The van der Waals surface area contributed by atoms with Crippen LogP contribution in [0.15, 0.2) is 78.9 Å². The first-order chi connectivity index (χ1) is 19.9. The van der Waals surface area contributed by atoms with E-state index < -0.39 is 36.0 Å². The highest BCUT2D eigenvalue weighted by molar-refractivity contribution is 5.85. The highest BCUT2D eigenvalue weighted by Gasteiger charge is 2.35. The molecule has 9 nitrogen and oxygen atoms in total. The van der Waals surface area contributed by atoms with Gasteiger partial charge in [0.15, 0.2) is 6.04 Å². The molecule has 2 aliphatic rings. The van der Waals surface area contributed by atoms with Gasteiger partial charge in [0.25, 0.3) is 0 Å². The summed E-state index contributed by atoms with van der Waals surface area (Å²) in [6.45, 7) is 2.37. The number of carbonyl (C=O) groups excluding carboxylic acids is 2. The monoisotopic (exact) mass is 558 g/mol. The minimum Gasteiger partial charge on any atom is -0.480 e.